The van der Waals surface area contributed by atoms with Crippen LogP contribution in [0.5, 0.6) is 0 Å². The van der Waals surface area contributed by atoms with Gasteiger partial charge in [0.05, 0.1) is 23.1 Å². The minimum absolute atomic E-state index is 0.242. The van der Waals surface area contributed by atoms with Gasteiger partial charge in [-0.25, -0.2) is 0 Å². The molecule has 4 N–H and O–H groups in total. The van der Waals surface area contributed by atoms with Crippen molar-refractivity contribution in [2.45, 2.75) is 13.0 Å². The molecule has 116 valence electrons. The lowest BCUT2D eigenvalue weighted by Crippen LogP contribution is -2.31. The molecular weight excluding hydrogens is 296 g/mol. The maximum atomic E-state index is 9.71. The minimum Gasteiger partial charge on any atom is -0.398 e. The second-order valence-electron chi connectivity index (χ2n) is 5.65. The standard InChI is InChI=1S/C17H20N2O2S/c1-10-7-13(19(2)8-11(21)9-20)17-15(16(10)18)12-5-3-4-6-14(12)22-17/h3-7,11,20-21H,8-9,18H2,1-2H3. The van der Waals surface area contributed by atoms with E-state index >= 15 is 0 Å². The van der Waals surface area contributed by atoms with Gasteiger partial charge in [0.25, 0.3) is 0 Å². The topological polar surface area (TPSA) is 69.7 Å². The number of anilines is 2. The number of likely N-dealkylation sites (N-methyl/N-ethyl adjacent to an activating group) is 1. The van der Waals surface area contributed by atoms with Crippen molar-refractivity contribution >= 4 is 42.9 Å². The number of benzene rings is 2. The zero-order valence-corrected chi connectivity index (χ0v) is 13.5. The Morgan fingerprint density at radius 1 is 1.32 bits per heavy atom. The lowest BCUT2D eigenvalue weighted by molar-refractivity contribution is 0.101. The number of aliphatic hydroxyl groups excluding tert-OH is 2. The van der Waals surface area contributed by atoms with E-state index in [1.54, 1.807) is 11.3 Å². The molecule has 0 radical (unpaired) electrons. The maximum absolute atomic E-state index is 9.71. The first-order valence-corrected chi connectivity index (χ1v) is 8.05. The first-order chi connectivity index (χ1) is 10.5. The number of fused-ring (bicyclic) bond motifs is 3. The summed E-state index contributed by atoms with van der Waals surface area (Å²) >= 11 is 1.71. The number of nitrogens with two attached hydrogens (primary N) is 1. The normalized spacial score (nSPS) is 12.9. The van der Waals surface area contributed by atoms with Crippen LogP contribution in [-0.2, 0) is 0 Å². The van der Waals surface area contributed by atoms with Crippen LogP contribution in [0.4, 0.5) is 11.4 Å². The monoisotopic (exact) mass is 316 g/mol. The zero-order valence-electron chi connectivity index (χ0n) is 12.7. The summed E-state index contributed by atoms with van der Waals surface area (Å²) in [5, 5.41) is 21.0. The predicted octanol–water partition coefficient (Wildman–Crippen LogP) is 2.73. The quantitative estimate of drug-likeness (QED) is 0.647. The Morgan fingerprint density at radius 3 is 2.77 bits per heavy atom. The lowest BCUT2D eigenvalue weighted by atomic mass is 10.1. The summed E-state index contributed by atoms with van der Waals surface area (Å²) < 4.78 is 2.32. The van der Waals surface area contributed by atoms with Crippen molar-refractivity contribution < 1.29 is 10.2 Å². The first-order valence-electron chi connectivity index (χ1n) is 7.23. The van der Waals surface area contributed by atoms with E-state index in [4.69, 9.17) is 10.8 Å². The minimum atomic E-state index is -0.757. The molecule has 22 heavy (non-hydrogen) atoms. The van der Waals surface area contributed by atoms with Gasteiger partial charge in [0.15, 0.2) is 0 Å². The van der Waals surface area contributed by atoms with Crippen molar-refractivity contribution in [3.05, 3.63) is 35.9 Å². The van der Waals surface area contributed by atoms with E-state index in [1.807, 2.05) is 31.0 Å². The fourth-order valence-corrected chi connectivity index (χ4v) is 4.08. The highest BCUT2D eigenvalue weighted by molar-refractivity contribution is 7.26. The SMILES string of the molecule is Cc1cc(N(C)CC(O)CO)c2sc3ccccc3c2c1N. The molecule has 5 heteroatoms. The molecule has 0 fully saturated rings. The van der Waals surface area contributed by atoms with E-state index in [2.05, 4.69) is 18.2 Å². The van der Waals surface area contributed by atoms with Gasteiger partial charge in [-0.2, -0.15) is 0 Å². The van der Waals surface area contributed by atoms with Gasteiger partial charge in [0.1, 0.15) is 0 Å². The largest absolute Gasteiger partial charge is 0.398 e. The van der Waals surface area contributed by atoms with Crippen LogP contribution in [0.3, 0.4) is 0 Å². The van der Waals surface area contributed by atoms with Crippen LogP contribution in [0, 0.1) is 6.92 Å². The third kappa shape index (κ3) is 2.41. The Morgan fingerprint density at radius 2 is 2.05 bits per heavy atom. The Bertz CT molecular complexity index is 828. The van der Waals surface area contributed by atoms with Crippen molar-refractivity contribution in [1.29, 1.82) is 0 Å². The molecule has 3 aromatic rings. The Kier molecular flexibility index (Phi) is 3.95. The molecule has 4 nitrogen and oxygen atoms in total. The van der Waals surface area contributed by atoms with Gasteiger partial charge >= 0.3 is 0 Å². The van der Waals surface area contributed by atoms with Crippen LogP contribution in [0.15, 0.2) is 30.3 Å². The summed E-state index contributed by atoms with van der Waals surface area (Å²) in [6.07, 6.45) is -0.757. The van der Waals surface area contributed by atoms with Crippen LogP contribution in [0.2, 0.25) is 0 Å². The fourth-order valence-electron chi connectivity index (χ4n) is 2.79. The summed E-state index contributed by atoms with van der Waals surface area (Å²) in [6.45, 7) is 2.14. The van der Waals surface area contributed by atoms with E-state index in [0.29, 0.717) is 6.54 Å². The Labute approximate surface area is 133 Å². The van der Waals surface area contributed by atoms with Gasteiger partial charge in [-0.15, -0.1) is 11.3 Å². The van der Waals surface area contributed by atoms with Gasteiger partial charge in [0.2, 0.25) is 0 Å². The summed E-state index contributed by atoms with van der Waals surface area (Å²) in [4.78, 5) is 1.98. The number of nitrogens with zero attached hydrogens (tertiary/aromatic N) is 1. The maximum Gasteiger partial charge on any atom is 0.0945 e. The smallest absolute Gasteiger partial charge is 0.0945 e. The molecule has 1 aromatic heterocycles. The first kappa shape index (κ1) is 15.1. The van der Waals surface area contributed by atoms with Gasteiger partial charge in [-0.05, 0) is 24.6 Å². The summed E-state index contributed by atoms with van der Waals surface area (Å²) in [5.74, 6) is 0. The van der Waals surface area contributed by atoms with E-state index in [-0.39, 0.29) is 6.61 Å². The molecule has 0 spiro atoms. The van der Waals surface area contributed by atoms with Gasteiger partial charge < -0.3 is 20.8 Å². The third-order valence-corrected chi connectivity index (χ3v) is 5.18. The molecule has 1 heterocycles. The highest BCUT2D eigenvalue weighted by Crippen LogP contribution is 2.43. The van der Waals surface area contributed by atoms with Gasteiger partial charge in [0, 0.05) is 34.8 Å². The zero-order chi connectivity index (χ0) is 15.9. The molecule has 2 aromatic carbocycles. The van der Waals surface area contributed by atoms with Gasteiger partial charge in [-0.3, -0.25) is 0 Å². The van der Waals surface area contributed by atoms with Crippen molar-refractivity contribution in [2.24, 2.45) is 0 Å². The molecule has 1 unspecified atom stereocenters. The lowest BCUT2D eigenvalue weighted by Gasteiger charge is -2.23. The van der Waals surface area contributed by atoms with E-state index in [9.17, 15) is 5.11 Å². The number of nitrogen functional groups attached to an aromatic ring is 1. The molecule has 0 saturated heterocycles. The Balaban J connectivity index is 2.24. The number of aryl methyl sites for hydroxylation is 1. The summed E-state index contributed by atoms with van der Waals surface area (Å²) in [7, 11) is 1.92. The second-order valence-corrected chi connectivity index (χ2v) is 6.70. The number of aliphatic hydroxyl groups is 2. The average Bonchev–Trinajstić information content (AvgIpc) is 2.90. The summed E-state index contributed by atoms with van der Waals surface area (Å²) in [6, 6.07) is 10.3. The predicted molar refractivity (Wildman–Crippen MR) is 94.8 cm³/mol. The molecule has 0 aliphatic carbocycles. The number of thiophene rings is 1. The number of hydrogen-bond donors (Lipinski definition) is 3. The second kappa shape index (κ2) is 5.76. The van der Waals surface area contributed by atoms with Crippen LogP contribution in [0.1, 0.15) is 5.56 Å². The highest BCUT2D eigenvalue weighted by atomic mass is 32.1. The van der Waals surface area contributed by atoms with E-state index < -0.39 is 6.10 Å². The molecule has 3 rings (SSSR count). The van der Waals surface area contributed by atoms with Crippen molar-refractivity contribution in [2.75, 3.05) is 30.8 Å². The van der Waals surface area contributed by atoms with E-state index in [1.165, 1.54) is 10.1 Å². The highest BCUT2D eigenvalue weighted by Gasteiger charge is 2.17. The van der Waals surface area contributed by atoms with Gasteiger partial charge in [-0.1, -0.05) is 18.2 Å². The molecule has 0 aliphatic rings. The number of rotatable bonds is 4. The van der Waals surface area contributed by atoms with Crippen molar-refractivity contribution in [1.82, 2.24) is 0 Å². The third-order valence-electron chi connectivity index (χ3n) is 3.98. The average molecular weight is 316 g/mol. The fraction of sp³-hybridized carbons (Fsp3) is 0.294. The molecule has 0 saturated carbocycles. The van der Waals surface area contributed by atoms with Crippen LogP contribution >= 0.6 is 11.3 Å². The molecule has 0 amide bonds. The number of hydrogen-bond acceptors (Lipinski definition) is 5. The van der Waals surface area contributed by atoms with Crippen molar-refractivity contribution in [3.8, 4) is 0 Å². The molecule has 0 aliphatic heterocycles. The van der Waals surface area contributed by atoms with Crippen LogP contribution in [0.25, 0.3) is 20.2 Å². The molecule has 0 bridgehead atoms. The van der Waals surface area contributed by atoms with Crippen LogP contribution < -0.4 is 10.6 Å². The Hall–Kier alpha value is -1.82. The van der Waals surface area contributed by atoms with Crippen LogP contribution in [-0.4, -0.2) is 36.5 Å². The molecule has 1 atom stereocenters. The van der Waals surface area contributed by atoms with E-state index in [0.717, 1.165) is 27.0 Å². The van der Waals surface area contributed by atoms with Crippen molar-refractivity contribution in [3.63, 3.8) is 0 Å². The molecular formula is C17H20N2O2S. The summed E-state index contributed by atoms with van der Waals surface area (Å²) in [5.41, 5.74) is 9.20.